The fourth-order valence-electron chi connectivity index (χ4n) is 3.65. The van der Waals surface area contributed by atoms with Crippen LogP contribution in [0.4, 0.5) is 4.79 Å². The van der Waals surface area contributed by atoms with Crippen LogP contribution in [0.2, 0.25) is 0 Å². The Kier molecular flexibility index (Phi) is 5.53. The summed E-state index contributed by atoms with van der Waals surface area (Å²) in [5.41, 5.74) is 1.69. The van der Waals surface area contributed by atoms with Gasteiger partial charge in [-0.1, -0.05) is 60.7 Å². The summed E-state index contributed by atoms with van der Waals surface area (Å²) < 4.78 is 11.3. The maximum Gasteiger partial charge on any atom is 0.417 e. The number of cyclic esters (lactones) is 1. The third-order valence-electron chi connectivity index (χ3n) is 5.36. The number of carbonyl (C=O) groups excluding carboxylic acids is 2. The van der Waals surface area contributed by atoms with Crippen molar-refractivity contribution in [3.05, 3.63) is 96.1 Å². The Morgan fingerprint density at radius 3 is 2.10 bits per heavy atom. The van der Waals surface area contributed by atoms with Gasteiger partial charge < -0.3 is 9.47 Å². The highest BCUT2D eigenvalue weighted by atomic mass is 16.6. The summed E-state index contributed by atoms with van der Waals surface area (Å²) in [7, 11) is 0. The first-order valence-corrected chi connectivity index (χ1v) is 9.96. The summed E-state index contributed by atoms with van der Waals surface area (Å²) in [5, 5.41) is 0. The van der Waals surface area contributed by atoms with E-state index in [2.05, 4.69) is 0 Å². The largest absolute Gasteiger partial charge is 0.457 e. The molecule has 1 saturated heterocycles. The number of imide groups is 1. The standard InChI is InChI=1S/C25H23NO4/c1-17(19-13-15-22(16-14-19)29-21-11-7-4-8-12-21)24(27)26-18(2)23(30-25(26)28)20-9-5-3-6-10-20/h3-18,23H,1-2H3/t17-,18-,23-/m0/s1. The van der Waals surface area contributed by atoms with Crippen LogP contribution in [0.5, 0.6) is 11.5 Å². The van der Waals surface area contributed by atoms with Crippen molar-refractivity contribution in [3.63, 3.8) is 0 Å². The van der Waals surface area contributed by atoms with E-state index in [1.165, 1.54) is 4.90 Å². The summed E-state index contributed by atoms with van der Waals surface area (Å²) >= 11 is 0. The zero-order valence-electron chi connectivity index (χ0n) is 16.9. The molecule has 0 aliphatic carbocycles. The van der Waals surface area contributed by atoms with E-state index < -0.39 is 18.1 Å². The highest BCUT2D eigenvalue weighted by Crippen LogP contribution is 2.34. The average Bonchev–Trinajstić information content (AvgIpc) is 3.08. The molecule has 0 N–H and O–H groups in total. The van der Waals surface area contributed by atoms with E-state index in [1.54, 1.807) is 6.92 Å². The van der Waals surface area contributed by atoms with E-state index in [9.17, 15) is 9.59 Å². The molecule has 0 aromatic heterocycles. The van der Waals surface area contributed by atoms with Crippen LogP contribution in [0.15, 0.2) is 84.9 Å². The second-order valence-electron chi connectivity index (χ2n) is 7.37. The normalized spacial score (nSPS) is 19.3. The van der Waals surface area contributed by atoms with Crippen LogP contribution < -0.4 is 4.74 Å². The predicted molar refractivity (Wildman–Crippen MR) is 113 cm³/mol. The van der Waals surface area contributed by atoms with E-state index in [0.29, 0.717) is 5.75 Å². The summed E-state index contributed by atoms with van der Waals surface area (Å²) in [6.07, 6.45) is -1.06. The van der Waals surface area contributed by atoms with Crippen molar-refractivity contribution in [2.45, 2.75) is 31.9 Å². The van der Waals surface area contributed by atoms with Crippen molar-refractivity contribution >= 4 is 12.0 Å². The zero-order chi connectivity index (χ0) is 21.1. The van der Waals surface area contributed by atoms with Crippen molar-refractivity contribution in [2.75, 3.05) is 0 Å². The van der Waals surface area contributed by atoms with E-state index in [4.69, 9.17) is 9.47 Å². The van der Waals surface area contributed by atoms with Gasteiger partial charge in [0, 0.05) is 0 Å². The molecule has 5 heteroatoms. The number of nitrogens with zero attached hydrogens (tertiary/aromatic N) is 1. The lowest BCUT2D eigenvalue weighted by molar-refractivity contribution is -0.130. The number of carbonyl (C=O) groups is 2. The van der Waals surface area contributed by atoms with Crippen LogP contribution in [0, 0.1) is 0 Å². The van der Waals surface area contributed by atoms with Crippen LogP contribution in [0.25, 0.3) is 0 Å². The fourth-order valence-corrected chi connectivity index (χ4v) is 3.65. The first-order chi connectivity index (χ1) is 14.5. The number of hydrogen-bond acceptors (Lipinski definition) is 4. The maximum atomic E-state index is 13.1. The van der Waals surface area contributed by atoms with Gasteiger partial charge in [-0.15, -0.1) is 0 Å². The molecule has 0 radical (unpaired) electrons. The molecule has 0 unspecified atom stereocenters. The molecule has 3 aromatic rings. The first kappa shape index (κ1) is 19.7. The maximum absolute atomic E-state index is 13.1. The lowest BCUT2D eigenvalue weighted by Crippen LogP contribution is -2.40. The van der Waals surface area contributed by atoms with Crippen molar-refractivity contribution in [2.24, 2.45) is 0 Å². The summed E-state index contributed by atoms with van der Waals surface area (Å²) in [4.78, 5) is 26.8. The van der Waals surface area contributed by atoms with Gasteiger partial charge in [0.05, 0.1) is 12.0 Å². The van der Waals surface area contributed by atoms with Crippen LogP contribution in [0.3, 0.4) is 0 Å². The molecule has 0 bridgehead atoms. The minimum Gasteiger partial charge on any atom is -0.457 e. The van der Waals surface area contributed by atoms with E-state index in [-0.39, 0.29) is 11.9 Å². The SMILES string of the molecule is C[C@H](C(=O)N1C(=O)O[C@H](c2ccccc2)[C@@H]1C)c1ccc(Oc2ccccc2)cc1. The van der Waals surface area contributed by atoms with Gasteiger partial charge in [-0.2, -0.15) is 0 Å². The third-order valence-corrected chi connectivity index (χ3v) is 5.36. The van der Waals surface area contributed by atoms with Crippen LogP contribution in [-0.2, 0) is 9.53 Å². The summed E-state index contributed by atoms with van der Waals surface area (Å²) in [5.74, 6) is 0.667. The zero-order valence-corrected chi connectivity index (χ0v) is 16.9. The van der Waals surface area contributed by atoms with Gasteiger partial charge in [0.1, 0.15) is 17.6 Å². The molecular formula is C25H23NO4. The van der Waals surface area contributed by atoms with Crippen LogP contribution in [0.1, 0.15) is 37.0 Å². The minimum absolute atomic E-state index is 0.275. The van der Waals surface area contributed by atoms with Crippen LogP contribution >= 0.6 is 0 Å². The van der Waals surface area contributed by atoms with Gasteiger partial charge in [0.2, 0.25) is 5.91 Å². The van der Waals surface area contributed by atoms with Gasteiger partial charge >= 0.3 is 6.09 Å². The Bertz CT molecular complexity index is 1020. The quantitative estimate of drug-likeness (QED) is 0.551. The molecular weight excluding hydrogens is 378 g/mol. The Morgan fingerprint density at radius 1 is 0.900 bits per heavy atom. The van der Waals surface area contributed by atoms with Gasteiger partial charge in [-0.3, -0.25) is 4.79 Å². The highest BCUT2D eigenvalue weighted by molar-refractivity contribution is 5.97. The predicted octanol–water partition coefficient (Wildman–Crippen LogP) is 5.69. The third kappa shape index (κ3) is 3.92. The molecule has 30 heavy (non-hydrogen) atoms. The van der Waals surface area contributed by atoms with Crippen LogP contribution in [-0.4, -0.2) is 22.9 Å². The topological polar surface area (TPSA) is 55.8 Å². The smallest absolute Gasteiger partial charge is 0.417 e. The molecule has 3 atom stereocenters. The molecule has 1 fully saturated rings. The van der Waals surface area contributed by atoms with Gasteiger partial charge in [-0.05, 0) is 49.2 Å². The Balaban J connectivity index is 1.47. The highest BCUT2D eigenvalue weighted by Gasteiger charge is 2.44. The molecule has 0 spiro atoms. The molecule has 1 aliphatic rings. The molecule has 3 aromatic carbocycles. The fraction of sp³-hybridized carbons (Fsp3) is 0.200. The number of amides is 2. The number of ether oxygens (including phenoxy) is 2. The number of para-hydroxylation sites is 1. The molecule has 152 valence electrons. The minimum atomic E-state index is -0.600. The number of rotatable bonds is 5. The second-order valence-corrected chi connectivity index (χ2v) is 7.37. The molecule has 0 saturated carbocycles. The Morgan fingerprint density at radius 2 is 1.47 bits per heavy atom. The number of benzene rings is 3. The molecule has 2 amide bonds. The van der Waals surface area contributed by atoms with Crippen molar-refractivity contribution in [3.8, 4) is 11.5 Å². The Labute approximate surface area is 175 Å². The lowest BCUT2D eigenvalue weighted by atomic mass is 9.97. The molecule has 5 nitrogen and oxygen atoms in total. The van der Waals surface area contributed by atoms with Gasteiger partial charge in [-0.25, -0.2) is 9.69 Å². The van der Waals surface area contributed by atoms with Crippen molar-refractivity contribution in [1.82, 2.24) is 4.90 Å². The van der Waals surface area contributed by atoms with Gasteiger partial charge in [0.15, 0.2) is 0 Å². The van der Waals surface area contributed by atoms with E-state index in [1.807, 2.05) is 91.9 Å². The summed E-state index contributed by atoms with van der Waals surface area (Å²) in [6.45, 7) is 3.63. The lowest BCUT2D eigenvalue weighted by Gasteiger charge is -2.22. The van der Waals surface area contributed by atoms with Crippen molar-refractivity contribution < 1.29 is 19.1 Å². The average molecular weight is 401 g/mol. The Hall–Kier alpha value is -3.60. The van der Waals surface area contributed by atoms with E-state index in [0.717, 1.165) is 16.9 Å². The molecule has 1 heterocycles. The molecule has 4 rings (SSSR count). The monoisotopic (exact) mass is 401 g/mol. The first-order valence-electron chi connectivity index (χ1n) is 9.96. The molecule has 1 aliphatic heterocycles. The van der Waals surface area contributed by atoms with E-state index >= 15 is 0 Å². The van der Waals surface area contributed by atoms with Gasteiger partial charge in [0.25, 0.3) is 0 Å². The second kappa shape index (κ2) is 8.41. The van der Waals surface area contributed by atoms with Crippen molar-refractivity contribution in [1.29, 1.82) is 0 Å². The summed E-state index contributed by atoms with van der Waals surface area (Å²) in [6, 6.07) is 25.9. The number of hydrogen-bond donors (Lipinski definition) is 0.